The van der Waals surface area contributed by atoms with Crippen molar-refractivity contribution in [2.24, 2.45) is 0 Å². The van der Waals surface area contributed by atoms with Crippen LogP contribution >= 0.6 is 0 Å². The molecule has 1 N–H and O–H groups in total. The maximum absolute atomic E-state index is 13.6. The number of hydrogen-bond acceptors (Lipinski definition) is 2. The van der Waals surface area contributed by atoms with Crippen molar-refractivity contribution >= 4 is 0 Å². The van der Waals surface area contributed by atoms with Gasteiger partial charge in [-0.25, -0.2) is 4.39 Å². The minimum Gasteiger partial charge on any atom is -0.406 e. The third-order valence-corrected chi connectivity index (χ3v) is 2.61. The number of rotatable bonds is 3. The molecular formula is C14H10F4O2. The third-order valence-electron chi connectivity index (χ3n) is 2.61. The Kier molecular flexibility index (Phi) is 3.94. The minimum atomic E-state index is -4.87. The Balaban J connectivity index is 2.34. The molecule has 2 nitrogen and oxygen atoms in total. The van der Waals surface area contributed by atoms with E-state index in [4.69, 9.17) is 0 Å². The van der Waals surface area contributed by atoms with E-state index in [9.17, 15) is 22.7 Å². The number of aliphatic hydroxyl groups excluding tert-OH is 1. The quantitative estimate of drug-likeness (QED) is 0.869. The Morgan fingerprint density at radius 2 is 1.65 bits per heavy atom. The van der Waals surface area contributed by atoms with Crippen molar-refractivity contribution < 1.29 is 27.4 Å². The summed E-state index contributed by atoms with van der Waals surface area (Å²) in [5.74, 6) is -1.39. The summed E-state index contributed by atoms with van der Waals surface area (Å²) in [4.78, 5) is 0. The second-order valence-corrected chi connectivity index (χ2v) is 4.04. The fourth-order valence-electron chi connectivity index (χ4n) is 1.74. The molecule has 1 unspecified atom stereocenters. The fourth-order valence-corrected chi connectivity index (χ4v) is 1.74. The van der Waals surface area contributed by atoms with Crippen LogP contribution in [0.5, 0.6) is 5.75 Å². The summed E-state index contributed by atoms with van der Waals surface area (Å²) in [6.45, 7) is 0. The van der Waals surface area contributed by atoms with Crippen LogP contribution in [0.25, 0.3) is 0 Å². The highest BCUT2D eigenvalue weighted by Crippen LogP contribution is 2.30. The summed E-state index contributed by atoms with van der Waals surface area (Å²) in [7, 11) is 0. The second kappa shape index (κ2) is 5.50. The molecule has 0 aliphatic rings. The van der Waals surface area contributed by atoms with Gasteiger partial charge >= 0.3 is 6.36 Å². The summed E-state index contributed by atoms with van der Waals surface area (Å²) >= 11 is 0. The third kappa shape index (κ3) is 3.48. The van der Waals surface area contributed by atoms with E-state index in [1.807, 2.05) is 0 Å². The van der Waals surface area contributed by atoms with Gasteiger partial charge in [-0.2, -0.15) is 0 Å². The number of benzene rings is 2. The molecule has 20 heavy (non-hydrogen) atoms. The van der Waals surface area contributed by atoms with Crippen molar-refractivity contribution in [3.8, 4) is 5.75 Å². The predicted octanol–water partition coefficient (Wildman–Crippen LogP) is 3.81. The van der Waals surface area contributed by atoms with Gasteiger partial charge in [-0.1, -0.05) is 30.3 Å². The highest BCUT2D eigenvalue weighted by Gasteiger charge is 2.31. The van der Waals surface area contributed by atoms with Crippen molar-refractivity contribution in [2.45, 2.75) is 12.5 Å². The van der Waals surface area contributed by atoms with Gasteiger partial charge in [-0.05, 0) is 23.8 Å². The van der Waals surface area contributed by atoms with Crippen molar-refractivity contribution in [3.63, 3.8) is 0 Å². The zero-order chi connectivity index (χ0) is 14.8. The lowest BCUT2D eigenvalue weighted by molar-refractivity contribution is -0.274. The van der Waals surface area contributed by atoms with Gasteiger partial charge in [-0.3, -0.25) is 0 Å². The normalized spacial score (nSPS) is 13.1. The van der Waals surface area contributed by atoms with Crippen LogP contribution in [-0.2, 0) is 0 Å². The Labute approximate surface area is 112 Å². The highest BCUT2D eigenvalue weighted by molar-refractivity contribution is 5.36. The first-order valence-corrected chi connectivity index (χ1v) is 5.65. The Morgan fingerprint density at radius 3 is 2.25 bits per heavy atom. The van der Waals surface area contributed by atoms with Gasteiger partial charge in [0.25, 0.3) is 0 Å². The van der Waals surface area contributed by atoms with Gasteiger partial charge in [0.15, 0.2) is 0 Å². The topological polar surface area (TPSA) is 29.5 Å². The van der Waals surface area contributed by atoms with Crippen molar-refractivity contribution in [1.29, 1.82) is 0 Å². The van der Waals surface area contributed by atoms with Crippen molar-refractivity contribution in [1.82, 2.24) is 0 Å². The molecule has 0 saturated heterocycles. The van der Waals surface area contributed by atoms with Crippen LogP contribution in [-0.4, -0.2) is 11.5 Å². The summed E-state index contributed by atoms with van der Waals surface area (Å²) in [6, 6.07) is 10.6. The first kappa shape index (κ1) is 14.3. The number of aliphatic hydroxyl groups is 1. The van der Waals surface area contributed by atoms with E-state index in [2.05, 4.69) is 4.74 Å². The zero-order valence-electron chi connectivity index (χ0n) is 10.1. The molecule has 6 heteroatoms. The van der Waals surface area contributed by atoms with E-state index in [1.165, 1.54) is 0 Å². The molecule has 0 aliphatic carbocycles. The average molecular weight is 286 g/mol. The summed E-state index contributed by atoms with van der Waals surface area (Å²) < 4.78 is 53.7. The zero-order valence-corrected chi connectivity index (χ0v) is 10.1. The van der Waals surface area contributed by atoms with Crippen molar-refractivity contribution in [2.75, 3.05) is 0 Å². The van der Waals surface area contributed by atoms with Crippen molar-refractivity contribution in [3.05, 3.63) is 65.5 Å². The number of halogens is 4. The van der Waals surface area contributed by atoms with Gasteiger partial charge in [-0.15, -0.1) is 13.2 Å². The highest BCUT2D eigenvalue weighted by atomic mass is 19.4. The largest absolute Gasteiger partial charge is 0.573 e. The lowest BCUT2D eigenvalue weighted by Gasteiger charge is -2.15. The molecule has 0 spiro atoms. The predicted molar refractivity (Wildman–Crippen MR) is 63.6 cm³/mol. The SMILES string of the molecule is OC(c1ccccc1)c1cc(OC(F)(F)F)ccc1F. The van der Waals surface area contributed by atoms with Crippen LogP contribution in [0.15, 0.2) is 48.5 Å². The Morgan fingerprint density at radius 1 is 1.00 bits per heavy atom. The molecule has 0 fully saturated rings. The number of alkyl halides is 3. The maximum atomic E-state index is 13.6. The molecule has 0 saturated carbocycles. The molecule has 106 valence electrons. The molecule has 2 aromatic carbocycles. The first-order chi connectivity index (χ1) is 9.37. The molecule has 0 aromatic heterocycles. The average Bonchev–Trinajstić information content (AvgIpc) is 2.40. The fraction of sp³-hybridized carbons (Fsp3) is 0.143. The smallest absolute Gasteiger partial charge is 0.406 e. The minimum absolute atomic E-state index is 0.280. The maximum Gasteiger partial charge on any atom is 0.573 e. The Hall–Kier alpha value is -2.08. The molecule has 0 radical (unpaired) electrons. The Bertz CT molecular complexity index is 581. The molecule has 0 amide bonds. The van der Waals surface area contributed by atoms with Crippen LogP contribution in [0.2, 0.25) is 0 Å². The van der Waals surface area contributed by atoms with Crippen LogP contribution in [0.1, 0.15) is 17.2 Å². The van der Waals surface area contributed by atoms with E-state index in [0.717, 1.165) is 18.2 Å². The molecule has 0 bridgehead atoms. The van der Waals surface area contributed by atoms with E-state index in [1.54, 1.807) is 30.3 Å². The van der Waals surface area contributed by atoms with Gasteiger partial charge in [0.1, 0.15) is 17.7 Å². The molecule has 0 heterocycles. The van der Waals surface area contributed by atoms with Crippen LogP contribution in [0, 0.1) is 5.82 Å². The lowest BCUT2D eigenvalue weighted by atomic mass is 10.0. The monoisotopic (exact) mass is 286 g/mol. The van der Waals surface area contributed by atoms with Gasteiger partial charge < -0.3 is 9.84 Å². The molecule has 2 aromatic rings. The van der Waals surface area contributed by atoms with Gasteiger partial charge in [0.2, 0.25) is 0 Å². The molecule has 0 aliphatic heterocycles. The van der Waals surface area contributed by atoms with E-state index in [-0.39, 0.29) is 5.56 Å². The standard InChI is InChI=1S/C14H10F4O2/c15-12-7-6-10(20-14(16,17)18)8-11(12)13(19)9-4-2-1-3-5-9/h1-8,13,19H. The first-order valence-electron chi connectivity index (χ1n) is 5.65. The molecular weight excluding hydrogens is 276 g/mol. The summed E-state index contributed by atoms with van der Waals surface area (Å²) in [5.41, 5.74) is 0.0912. The van der Waals surface area contributed by atoms with E-state index in [0.29, 0.717) is 5.56 Å². The summed E-state index contributed by atoms with van der Waals surface area (Å²) in [6.07, 6.45) is -6.24. The second-order valence-electron chi connectivity index (χ2n) is 4.04. The van der Waals surface area contributed by atoms with E-state index >= 15 is 0 Å². The number of hydrogen-bond donors (Lipinski definition) is 1. The van der Waals surface area contributed by atoms with Crippen LogP contribution < -0.4 is 4.74 Å². The molecule has 2 rings (SSSR count). The number of ether oxygens (including phenoxy) is 1. The van der Waals surface area contributed by atoms with Crippen LogP contribution in [0.4, 0.5) is 17.6 Å². The van der Waals surface area contributed by atoms with Gasteiger partial charge in [0, 0.05) is 5.56 Å². The summed E-state index contributed by atoms with van der Waals surface area (Å²) in [5, 5.41) is 10.0. The molecule has 1 atom stereocenters. The van der Waals surface area contributed by atoms with E-state index < -0.39 is 24.0 Å². The van der Waals surface area contributed by atoms with Crippen LogP contribution in [0.3, 0.4) is 0 Å². The lowest BCUT2D eigenvalue weighted by Crippen LogP contribution is -2.17. The van der Waals surface area contributed by atoms with Gasteiger partial charge in [0.05, 0.1) is 0 Å².